The van der Waals surface area contributed by atoms with E-state index in [1.807, 2.05) is 31.1 Å². The highest BCUT2D eigenvalue weighted by atomic mass is 16.5. The first-order valence-electron chi connectivity index (χ1n) is 10.9. The number of ether oxygens (including phenoxy) is 1. The first-order valence-corrected chi connectivity index (χ1v) is 10.9. The highest BCUT2D eigenvalue weighted by Crippen LogP contribution is 2.41. The highest BCUT2D eigenvalue weighted by molar-refractivity contribution is 5.63. The van der Waals surface area contributed by atoms with Crippen molar-refractivity contribution < 1.29 is 19.1 Å². The number of phenols is 1. The number of nitrogens with zero attached hydrogens (tertiary/aromatic N) is 2. The van der Waals surface area contributed by atoms with Crippen LogP contribution in [0.1, 0.15) is 71.2 Å². The van der Waals surface area contributed by atoms with Gasteiger partial charge in [-0.1, -0.05) is 41.5 Å². The number of phenolic OH excluding ortho intramolecular Hbond substituents is 1. The third-order valence-electron chi connectivity index (χ3n) is 5.30. The average Bonchev–Trinajstić information content (AvgIpc) is 3.11. The van der Waals surface area contributed by atoms with Crippen molar-refractivity contribution in [2.75, 3.05) is 20.7 Å². The van der Waals surface area contributed by atoms with Crippen LogP contribution in [0.15, 0.2) is 22.8 Å². The van der Waals surface area contributed by atoms with Crippen LogP contribution < -0.4 is 0 Å². The zero-order valence-electron chi connectivity index (χ0n) is 20.3. The summed E-state index contributed by atoms with van der Waals surface area (Å²) in [4.78, 5) is 17.3. The SMILES string of the molecule is CN(C)C(CCC=O)OCCc1coc(-c2cc(C(C)(C)C)c(O)c(C(C)(C)C)c2)n1. The molecule has 1 atom stereocenters. The normalized spacial score (nSPS) is 13.6. The number of oxazole rings is 1. The van der Waals surface area contributed by atoms with Gasteiger partial charge in [0.15, 0.2) is 0 Å². The summed E-state index contributed by atoms with van der Waals surface area (Å²) in [5, 5.41) is 10.9. The van der Waals surface area contributed by atoms with Gasteiger partial charge in [-0.2, -0.15) is 0 Å². The second-order valence-electron chi connectivity index (χ2n) is 10.3. The molecule has 0 aliphatic carbocycles. The van der Waals surface area contributed by atoms with Gasteiger partial charge >= 0.3 is 0 Å². The van der Waals surface area contributed by atoms with Crippen molar-refractivity contribution in [3.05, 3.63) is 35.2 Å². The molecule has 2 rings (SSSR count). The van der Waals surface area contributed by atoms with Crippen LogP contribution in [-0.2, 0) is 26.8 Å². The molecule has 0 saturated carbocycles. The van der Waals surface area contributed by atoms with Gasteiger partial charge < -0.3 is 19.1 Å². The van der Waals surface area contributed by atoms with E-state index in [2.05, 4.69) is 46.5 Å². The summed E-state index contributed by atoms with van der Waals surface area (Å²) in [5.74, 6) is 0.880. The second kappa shape index (κ2) is 9.96. The van der Waals surface area contributed by atoms with E-state index in [1.54, 1.807) is 6.26 Å². The van der Waals surface area contributed by atoms with E-state index in [0.717, 1.165) is 28.7 Å². The van der Waals surface area contributed by atoms with Crippen molar-refractivity contribution >= 4 is 6.29 Å². The minimum absolute atomic E-state index is 0.0997. The van der Waals surface area contributed by atoms with Crippen molar-refractivity contribution in [3.63, 3.8) is 0 Å². The number of rotatable bonds is 9. The van der Waals surface area contributed by atoms with Crippen LogP contribution in [0.3, 0.4) is 0 Å². The van der Waals surface area contributed by atoms with Crippen molar-refractivity contribution in [2.24, 2.45) is 0 Å². The summed E-state index contributed by atoms with van der Waals surface area (Å²) < 4.78 is 11.7. The molecule has 2 aromatic rings. The summed E-state index contributed by atoms with van der Waals surface area (Å²) in [6.45, 7) is 13.0. The molecule has 0 radical (unpaired) electrons. The molecule has 0 bridgehead atoms. The second-order valence-corrected chi connectivity index (χ2v) is 10.3. The van der Waals surface area contributed by atoms with Crippen molar-refractivity contribution in [2.45, 2.75) is 77.9 Å². The lowest BCUT2D eigenvalue weighted by molar-refractivity contribution is -0.109. The van der Waals surface area contributed by atoms with Crippen LogP contribution in [0.25, 0.3) is 11.5 Å². The Labute approximate surface area is 186 Å². The average molecular weight is 431 g/mol. The number of carbonyl (C=O) groups excluding carboxylic acids is 1. The minimum atomic E-state index is -0.216. The highest BCUT2D eigenvalue weighted by Gasteiger charge is 2.27. The van der Waals surface area contributed by atoms with Gasteiger partial charge in [0, 0.05) is 29.5 Å². The molecule has 1 aromatic carbocycles. The lowest BCUT2D eigenvalue weighted by atomic mass is 9.78. The molecule has 6 nitrogen and oxygen atoms in total. The van der Waals surface area contributed by atoms with Gasteiger partial charge in [0.05, 0.1) is 12.3 Å². The number of carbonyl (C=O) groups is 1. The number of benzene rings is 1. The fraction of sp³-hybridized carbons (Fsp3) is 0.600. The van der Waals surface area contributed by atoms with Crippen LogP contribution in [-0.4, -0.2) is 48.2 Å². The standard InChI is InChI=1S/C25H38N2O4/c1-24(2,3)19-14-17(15-20(22(19)29)25(4,5)6)23-26-18(16-31-23)11-13-30-21(27(7)8)10-9-12-28/h12,14-16,21,29H,9-11,13H2,1-8H3. The van der Waals surface area contributed by atoms with Crippen LogP contribution in [0.5, 0.6) is 5.75 Å². The van der Waals surface area contributed by atoms with Crippen molar-refractivity contribution in [3.8, 4) is 17.2 Å². The molecule has 0 spiro atoms. The maximum Gasteiger partial charge on any atom is 0.226 e. The fourth-order valence-corrected chi connectivity index (χ4v) is 3.46. The molecule has 31 heavy (non-hydrogen) atoms. The number of hydrogen-bond acceptors (Lipinski definition) is 6. The zero-order chi connectivity index (χ0) is 23.4. The number of aromatic hydroxyl groups is 1. The first kappa shape index (κ1) is 25.1. The van der Waals surface area contributed by atoms with Gasteiger partial charge in [-0.05, 0) is 43.5 Å². The van der Waals surface area contributed by atoms with Crippen LogP contribution in [0.2, 0.25) is 0 Å². The Balaban J connectivity index is 2.23. The zero-order valence-corrected chi connectivity index (χ0v) is 20.3. The maximum atomic E-state index is 10.9. The molecule has 1 aromatic heterocycles. The lowest BCUT2D eigenvalue weighted by Crippen LogP contribution is -2.31. The van der Waals surface area contributed by atoms with E-state index < -0.39 is 0 Å². The molecular formula is C25H38N2O4. The molecule has 0 aliphatic rings. The monoisotopic (exact) mass is 430 g/mol. The fourth-order valence-electron chi connectivity index (χ4n) is 3.46. The Hall–Kier alpha value is -2.18. The Kier molecular flexibility index (Phi) is 8.06. The topological polar surface area (TPSA) is 75.8 Å². The predicted molar refractivity (Wildman–Crippen MR) is 123 cm³/mol. The van der Waals surface area contributed by atoms with Gasteiger partial charge in [0.25, 0.3) is 0 Å². The smallest absolute Gasteiger partial charge is 0.226 e. The summed E-state index contributed by atoms with van der Waals surface area (Å²) >= 11 is 0. The number of aldehydes is 1. The summed E-state index contributed by atoms with van der Waals surface area (Å²) in [6, 6.07) is 3.94. The maximum absolute atomic E-state index is 10.9. The molecule has 0 fully saturated rings. The van der Waals surface area contributed by atoms with Gasteiger partial charge in [0.1, 0.15) is 24.5 Å². The van der Waals surface area contributed by atoms with Crippen LogP contribution in [0.4, 0.5) is 0 Å². The van der Waals surface area contributed by atoms with E-state index in [1.165, 1.54) is 0 Å². The molecule has 0 aliphatic heterocycles. The molecule has 172 valence electrons. The van der Waals surface area contributed by atoms with E-state index in [4.69, 9.17) is 9.15 Å². The van der Waals surface area contributed by atoms with Crippen molar-refractivity contribution in [1.82, 2.24) is 9.88 Å². The van der Waals surface area contributed by atoms with Gasteiger partial charge in [-0.15, -0.1) is 0 Å². The Bertz CT molecular complexity index is 837. The summed E-state index contributed by atoms with van der Waals surface area (Å²) in [5.41, 5.74) is 2.99. The van der Waals surface area contributed by atoms with Crippen molar-refractivity contribution in [1.29, 1.82) is 0 Å². The molecule has 1 N–H and O–H groups in total. The molecule has 1 heterocycles. The third-order valence-corrected chi connectivity index (χ3v) is 5.30. The Morgan fingerprint density at radius 1 is 1.13 bits per heavy atom. The van der Waals surface area contributed by atoms with E-state index >= 15 is 0 Å². The van der Waals surface area contributed by atoms with Gasteiger partial charge in [0.2, 0.25) is 5.89 Å². The van der Waals surface area contributed by atoms with Crippen LogP contribution in [0, 0.1) is 0 Å². The Morgan fingerprint density at radius 2 is 1.71 bits per heavy atom. The third kappa shape index (κ3) is 6.65. The molecule has 1 unspecified atom stereocenters. The first-order chi connectivity index (χ1) is 14.3. The molecule has 0 saturated heterocycles. The molecular weight excluding hydrogens is 392 g/mol. The lowest BCUT2D eigenvalue weighted by Gasteiger charge is -2.27. The predicted octanol–water partition coefficient (Wildman–Crippen LogP) is 5.07. The summed E-state index contributed by atoms with van der Waals surface area (Å²) in [6.07, 6.45) is 4.24. The van der Waals surface area contributed by atoms with E-state index in [9.17, 15) is 9.90 Å². The van der Waals surface area contributed by atoms with Gasteiger partial charge in [-0.3, -0.25) is 4.90 Å². The summed E-state index contributed by atoms with van der Waals surface area (Å²) in [7, 11) is 3.88. The van der Waals surface area contributed by atoms with E-state index in [0.29, 0.717) is 37.5 Å². The van der Waals surface area contributed by atoms with E-state index in [-0.39, 0.29) is 17.1 Å². The number of aromatic nitrogens is 1. The molecule has 6 heteroatoms. The van der Waals surface area contributed by atoms with Crippen LogP contribution >= 0.6 is 0 Å². The minimum Gasteiger partial charge on any atom is -0.507 e. The quantitative estimate of drug-likeness (QED) is 0.442. The Morgan fingerprint density at radius 3 is 2.19 bits per heavy atom. The molecule has 0 amide bonds. The largest absolute Gasteiger partial charge is 0.507 e. The van der Waals surface area contributed by atoms with Gasteiger partial charge in [-0.25, -0.2) is 4.98 Å². The number of hydrogen-bond donors (Lipinski definition) is 1.